The molecule has 0 bridgehead atoms. The van der Waals surface area contributed by atoms with Crippen molar-refractivity contribution in [3.8, 4) is 0 Å². The third kappa shape index (κ3) is 4.06. The lowest BCUT2D eigenvalue weighted by Crippen LogP contribution is -2.29. The van der Waals surface area contributed by atoms with Crippen molar-refractivity contribution < 1.29 is 17.6 Å². The lowest BCUT2D eigenvalue weighted by Gasteiger charge is -2.18. The van der Waals surface area contributed by atoms with E-state index in [9.17, 15) is 17.6 Å². The smallest absolute Gasteiger partial charge is 0.286 e. The summed E-state index contributed by atoms with van der Waals surface area (Å²) in [5, 5.41) is 2.74. The van der Waals surface area contributed by atoms with Crippen molar-refractivity contribution in [2.45, 2.75) is 23.9 Å². The third-order valence-corrected chi connectivity index (χ3v) is 5.72. The van der Waals surface area contributed by atoms with E-state index in [0.717, 1.165) is 3.57 Å². The van der Waals surface area contributed by atoms with Crippen molar-refractivity contribution in [2.75, 3.05) is 5.32 Å². The van der Waals surface area contributed by atoms with E-state index < -0.39 is 22.0 Å². The quantitative estimate of drug-likeness (QED) is 0.671. The maximum absolute atomic E-state index is 14.2. The van der Waals surface area contributed by atoms with Crippen LogP contribution >= 0.6 is 22.6 Å². The number of Topliss-reactive ketones (excluding diaryl/α,β-unsaturated/α-hetero) is 1. The van der Waals surface area contributed by atoms with Crippen molar-refractivity contribution in [3.05, 3.63) is 57.7 Å². The number of benzene rings is 2. The first kappa shape index (κ1) is 18.0. The monoisotopic (exact) mass is 472 g/mol. The van der Waals surface area contributed by atoms with E-state index in [0.29, 0.717) is 11.3 Å². The summed E-state index contributed by atoms with van der Waals surface area (Å²) < 4.78 is 42.9. The predicted octanol–water partition coefficient (Wildman–Crippen LogP) is 3.86. The summed E-state index contributed by atoms with van der Waals surface area (Å²) >= 11 is 2.00. The Balaban J connectivity index is 1.73. The van der Waals surface area contributed by atoms with E-state index in [1.165, 1.54) is 6.07 Å². The molecule has 1 aliphatic heterocycles. The number of fused-ring (bicyclic) bond motifs is 1. The number of alkyl halides is 1. The molecule has 2 aromatic rings. The molecule has 1 N–H and O–H groups in total. The van der Waals surface area contributed by atoms with Crippen LogP contribution < -0.4 is 5.32 Å². The molecule has 0 saturated carbocycles. The van der Waals surface area contributed by atoms with Gasteiger partial charge in [-0.2, -0.15) is 8.42 Å². The number of sulfonamides is 1. The van der Waals surface area contributed by atoms with Crippen LogP contribution in [0.2, 0.25) is 0 Å². The topological polar surface area (TPSA) is 75.6 Å². The fourth-order valence-electron chi connectivity index (χ4n) is 2.46. The largest absolute Gasteiger partial charge is 0.335 e. The molecule has 0 aromatic heterocycles. The SMILES string of the molecule is O=C(CCC(F)c1ccccc1)C1=NS(=O)(=O)c2cc(I)ccc2N1. The number of nitrogens with zero attached hydrogens (tertiary/aromatic N) is 1. The Morgan fingerprint density at radius 1 is 1.20 bits per heavy atom. The van der Waals surface area contributed by atoms with Gasteiger partial charge in [-0.3, -0.25) is 4.79 Å². The van der Waals surface area contributed by atoms with Crippen LogP contribution in [0.5, 0.6) is 0 Å². The van der Waals surface area contributed by atoms with Crippen molar-refractivity contribution >= 4 is 49.9 Å². The van der Waals surface area contributed by atoms with Gasteiger partial charge in [-0.15, -0.1) is 4.40 Å². The number of anilines is 1. The van der Waals surface area contributed by atoms with Gasteiger partial charge in [0.15, 0.2) is 11.6 Å². The Hall–Kier alpha value is -1.81. The second-order valence-corrected chi connectivity index (χ2v) is 8.34. The molecule has 0 amide bonds. The van der Waals surface area contributed by atoms with E-state index in [1.54, 1.807) is 42.5 Å². The average molecular weight is 472 g/mol. The van der Waals surface area contributed by atoms with E-state index in [2.05, 4.69) is 9.71 Å². The Labute approximate surface area is 158 Å². The molecule has 1 unspecified atom stereocenters. The van der Waals surface area contributed by atoms with Crippen LogP contribution in [-0.2, 0) is 14.8 Å². The number of carbonyl (C=O) groups excluding carboxylic acids is 1. The highest BCUT2D eigenvalue weighted by Gasteiger charge is 2.28. The van der Waals surface area contributed by atoms with Crippen LogP contribution in [0.25, 0.3) is 0 Å². The Morgan fingerprint density at radius 2 is 1.92 bits per heavy atom. The Bertz CT molecular complexity index is 946. The van der Waals surface area contributed by atoms with Gasteiger partial charge in [0.05, 0.1) is 5.69 Å². The highest BCUT2D eigenvalue weighted by molar-refractivity contribution is 14.1. The average Bonchev–Trinajstić information content (AvgIpc) is 2.60. The minimum Gasteiger partial charge on any atom is -0.335 e. The van der Waals surface area contributed by atoms with Crippen molar-refractivity contribution in [2.24, 2.45) is 4.40 Å². The summed E-state index contributed by atoms with van der Waals surface area (Å²) in [6.07, 6.45) is -1.47. The van der Waals surface area contributed by atoms with E-state index in [4.69, 9.17) is 0 Å². The second kappa shape index (κ2) is 7.20. The fraction of sp³-hybridized carbons (Fsp3) is 0.176. The minimum atomic E-state index is -3.94. The summed E-state index contributed by atoms with van der Waals surface area (Å²) in [5.74, 6) is -0.805. The van der Waals surface area contributed by atoms with Crippen LogP contribution in [-0.4, -0.2) is 20.0 Å². The van der Waals surface area contributed by atoms with Crippen molar-refractivity contribution in [3.63, 3.8) is 0 Å². The summed E-state index contributed by atoms with van der Waals surface area (Å²) in [4.78, 5) is 12.3. The first-order valence-corrected chi connectivity index (χ1v) is 10.0. The summed E-state index contributed by atoms with van der Waals surface area (Å²) in [7, 11) is -3.94. The van der Waals surface area contributed by atoms with Crippen LogP contribution in [0.4, 0.5) is 10.1 Å². The molecule has 1 aliphatic rings. The van der Waals surface area contributed by atoms with Crippen LogP contribution in [0, 0.1) is 3.57 Å². The molecule has 5 nitrogen and oxygen atoms in total. The number of amidine groups is 1. The zero-order chi connectivity index (χ0) is 18.0. The van der Waals surface area contributed by atoms with E-state index in [-0.39, 0.29) is 23.6 Å². The maximum Gasteiger partial charge on any atom is 0.286 e. The predicted molar refractivity (Wildman–Crippen MR) is 102 cm³/mol. The van der Waals surface area contributed by atoms with E-state index in [1.807, 2.05) is 22.6 Å². The first-order valence-electron chi connectivity index (χ1n) is 7.50. The molecule has 0 saturated heterocycles. The lowest BCUT2D eigenvalue weighted by atomic mass is 10.0. The van der Waals surface area contributed by atoms with Gasteiger partial charge in [-0.05, 0) is 52.8 Å². The number of halogens is 2. The molecular weight excluding hydrogens is 458 g/mol. The molecule has 130 valence electrons. The van der Waals surface area contributed by atoms with Gasteiger partial charge in [0.25, 0.3) is 10.0 Å². The van der Waals surface area contributed by atoms with Crippen molar-refractivity contribution in [1.82, 2.24) is 0 Å². The zero-order valence-corrected chi connectivity index (χ0v) is 15.9. The van der Waals surface area contributed by atoms with Gasteiger partial charge in [-0.1, -0.05) is 30.3 Å². The standard InChI is InChI=1S/C17H14FIN2O3S/c18-13(11-4-2-1-3-5-11)7-9-15(22)17-20-14-8-6-12(19)10-16(14)25(23,24)21-17/h1-6,8,10,13H,7,9H2,(H,20,21). The molecule has 0 fully saturated rings. The summed E-state index contributed by atoms with van der Waals surface area (Å²) in [6.45, 7) is 0. The molecule has 0 spiro atoms. The number of hydrogen-bond donors (Lipinski definition) is 1. The zero-order valence-electron chi connectivity index (χ0n) is 12.9. The normalized spacial score (nSPS) is 16.3. The number of carbonyl (C=O) groups is 1. The third-order valence-electron chi connectivity index (χ3n) is 3.74. The van der Waals surface area contributed by atoms with Crippen LogP contribution in [0.1, 0.15) is 24.6 Å². The lowest BCUT2D eigenvalue weighted by molar-refractivity contribution is -0.113. The molecular formula is C17H14FIN2O3S. The molecule has 3 rings (SSSR count). The van der Waals surface area contributed by atoms with Gasteiger partial charge in [-0.25, -0.2) is 4.39 Å². The molecule has 0 radical (unpaired) electrons. The number of hydrogen-bond acceptors (Lipinski definition) is 4. The van der Waals surface area contributed by atoms with Gasteiger partial charge in [0.1, 0.15) is 11.1 Å². The fourth-order valence-corrected chi connectivity index (χ4v) is 4.32. The first-order chi connectivity index (χ1) is 11.9. The summed E-state index contributed by atoms with van der Waals surface area (Å²) in [5.41, 5.74) is 0.792. The molecule has 25 heavy (non-hydrogen) atoms. The maximum atomic E-state index is 14.2. The summed E-state index contributed by atoms with van der Waals surface area (Å²) in [6, 6.07) is 13.3. The van der Waals surface area contributed by atoms with Crippen molar-refractivity contribution in [1.29, 1.82) is 0 Å². The van der Waals surface area contributed by atoms with Crippen LogP contribution in [0.3, 0.4) is 0 Å². The Morgan fingerprint density at radius 3 is 2.64 bits per heavy atom. The van der Waals surface area contributed by atoms with E-state index >= 15 is 0 Å². The minimum absolute atomic E-state index is 0.0311. The highest BCUT2D eigenvalue weighted by Crippen LogP contribution is 2.29. The number of nitrogens with one attached hydrogen (secondary N) is 1. The van der Waals surface area contributed by atoms with Gasteiger partial charge in [0, 0.05) is 9.99 Å². The Kier molecular flexibility index (Phi) is 5.19. The molecule has 2 aromatic carbocycles. The highest BCUT2D eigenvalue weighted by atomic mass is 127. The van der Waals surface area contributed by atoms with Gasteiger partial charge in [0.2, 0.25) is 0 Å². The second-order valence-electron chi connectivity index (χ2n) is 5.52. The number of ketones is 1. The van der Waals surface area contributed by atoms with Gasteiger partial charge >= 0.3 is 0 Å². The number of rotatable bonds is 5. The molecule has 8 heteroatoms. The van der Waals surface area contributed by atoms with Crippen LogP contribution in [0.15, 0.2) is 57.8 Å². The van der Waals surface area contributed by atoms with Gasteiger partial charge < -0.3 is 5.32 Å². The molecule has 1 heterocycles. The molecule has 0 aliphatic carbocycles. The molecule has 1 atom stereocenters.